The molecule has 3 rings (SSSR count). The smallest absolute Gasteiger partial charge is 0.134 e. The van der Waals surface area contributed by atoms with E-state index < -0.39 is 0 Å². The summed E-state index contributed by atoms with van der Waals surface area (Å²) < 4.78 is 6.76. The Morgan fingerprint density at radius 2 is 2.00 bits per heavy atom. The first kappa shape index (κ1) is 16.2. The number of rotatable bonds is 4. The van der Waals surface area contributed by atoms with Crippen LogP contribution in [0.3, 0.4) is 0 Å². The maximum Gasteiger partial charge on any atom is 0.134 e. The summed E-state index contributed by atoms with van der Waals surface area (Å²) >= 11 is 17.3. The van der Waals surface area contributed by atoms with Crippen LogP contribution in [0.15, 0.2) is 45.9 Å². The van der Waals surface area contributed by atoms with Gasteiger partial charge in [0.1, 0.15) is 12.4 Å². The summed E-state index contributed by atoms with van der Waals surface area (Å²) in [6.45, 7) is 1.33. The molecule has 0 saturated heterocycles. The van der Waals surface area contributed by atoms with Gasteiger partial charge >= 0.3 is 0 Å². The van der Waals surface area contributed by atoms with Gasteiger partial charge < -0.3 is 4.74 Å². The summed E-state index contributed by atoms with van der Waals surface area (Å²) in [5.41, 5.74) is 2.09. The third kappa shape index (κ3) is 3.80. The first-order valence-corrected chi connectivity index (χ1v) is 9.21. The van der Waals surface area contributed by atoms with Crippen molar-refractivity contribution >= 4 is 55.9 Å². The van der Waals surface area contributed by atoms with Gasteiger partial charge in [0.05, 0.1) is 19.6 Å². The average Bonchev–Trinajstić information content (AvgIpc) is 3.04. The van der Waals surface area contributed by atoms with E-state index >= 15 is 0 Å². The molecule has 22 heavy (non-hydrogen) atoms. The van der Waals surface area contributed by atoms with Gasteiger partial charge in [-0.25, -0.2) is 0 Å². The summed E-state index contributed by atoms with van der Waals surface area (Å²) in [5, 5.41) is 2.18. The Morgan fingerprint density at radius 1 is 1.14 bits per heavy atom. The van der Waals surface area contributed by atoms with Crippen LogP contribution in [-0.4, -0.2) is 17.3 Å². The lowest BCUT2D eigenvalue weighted by Crippen LogP contribution is -1.98. The Labute approximate surface area is 152 Å². The highest BCUT2D eigenvalue weighted by Gasteiger charge is 2.12. The Morgan fingerprint density at radius 3 is 2.68 bits per heavy atom. The van der Waals surface area contributed by atoms with Gasteiger partial charge in [-0.05, 0) is 51.8 Å². The van der Waals surface area contributed by atoms with Crippen molar-refractivity contribution in [3.63, 3.8) is 0 Å². The van der Waals surface area contributed by atoms with Crippen LogP contribution in [-0.2, 0) is 6.61 Å². The molecule has 0 saturated carbocycles. The quantitative estimate of drug-likeness (QED) is 0.625. The van der Waals surface area contributed by atoms with Gasteiger partial charge in [0.25, 0.3) is 0 Å². The minimum atomic E-state index is 0.435. The van der Waals surface area contributed by atoms with Crippen LogP contribution in [0.4, 0.5) is 0 Å². The van der Waals surface area contributed by atoms with Crippen molar-refractivity contribution in [3.8, 4) is 5.75 Å². The first-order chi connectivity index (χ1) is 10.6. The normalized spacial score (nSPS) is 14.0. The molecule has 0 radical (unpaired) electrons. The standard InChI is InChI=1S/C16H12BrCl2NOS/c17-12-8-11(16-20-5-6-22-16)2-4-15(12)21-9-10-1-3-13(18)14(19)7-10/h1-4,7-8H,5-6,9H2. The van der Waals surface area contributed by atoms with Crippen LogP contribution in [0.5, 0.6) is 5.75 Å². The van der Waals surface area contributed by atoms with E-state index in [0.29, 0.717) is 16.7 Å². The van der Waals surface area contributed by atoms with Gasteiger partial charge in [-0.1, -0.05) is 29.3 Å². The number of aliphatic imine (C=N–C) groups is 1. The lowest BCUT2D eigenvalue weighted by molar-refractivity contribution is 0.304. The van der Waals surface area contributed by atoms with E-state index in [-0.39, 0.29) is 0 Å². The maximum atomic E-state index is 6.01. The third-order valence-electron chi connectivity index (χ3n) is 3.14. The molecule has 2 aromatic rings. The molecule has 0 bridgehead atoms. The molecule has 2 aromatic carbocycles. The molecule has 0 fully saturated rings. The Hall–Kier alpha value is -0.680. The highest BCUT2D eigenvalue weighted by Crippen LogP contribution is 2.30. The highest BCUT2D eigenvalue weighted by atomic mass is 79.9. The van der Waals surface area contributed by atoms with E-state index in [9.17, 15) is 0 Å². The van der Waals surface area contributed by atoms with Crippen LogP contribution >= 0.6 is 50.9 Å². The summed E-state index contributed by atoms with van der Waals surface area (Å²) in [6, 6.07) is 11.5. The molecule has 1 aliphatic heterocycles. The third-order valence-corrected chi connectivity index (χ3v) is 5.53. The number of hydrogen-bond acceptors (Lipinski definition) is 3. The van der Waals surface area contributed by atoms with Crippen LogP contribution in [0, 0.1) is 0 Å². The highest BCUT2D eigenvalue weighted by molar-refractivity contribution is 9.10. The minimum Gasteiger partial charge on any atom is -0.488 e. The topological polar surface area (TPSA) is 21.6 Å². The fourth-order valence-corrected chi connectivity index (χ4v) is 3.72. The summed E-state index contributed by atoms with van der Waals surface area (Å²) in [4.78, 5) is 4.48. The Bertz CT molecular complexity index is 736. The molecule has 114 valence electrons. The molecule has 0 N–H and O–H groups in total. The number of hydrogen-bond donors (Lipinski definition) is 0. The number of nitrogens with zero attached hydrogens (tertiary/aromatic N) is 1. The van der Waals surface area contributed by atoms with E-state index in [4.69, 9.17) is 27.9 Å². The second kappa shape index (κ2) is 7.26. The zero-order valence-electron chi connectivity index (χ0n) is 11.5. The van der Waals surface area contributed by atoms with Gasteiger partial charge in [-0.15, -0.1) is 11.8 Å². The second-order valence-electron chi connectivity index (χ2n) is 4.72. The fourth-order valence-electron chi connectivity index (χ4n) is 2.05. The zero-order chi connectivity index (χ0) is 15.5. The van der Waals surface area contributed by atoms with E-state index in [1.165, 1.54) is 0 Å². The van der Waals surface area contributed by atoms with Crippen molar-refractivity contribution in [2.24, 2.45) is 4.99 Å². The lowest BCUT2D eigenvalue weighted by atomic mass is 10.2. The summed E-state index contributed by atoms with van der Waals surface area (Å²) in [7, 11) is 0. The monoisotopic (exact) mass is 415 g/mol. The Balaban J connectivity index is 1.71. The first-order valence-electron chi connectivity index (χ1n) is 6.67. The molecule has 6 heteroatoms. The molecule has 0 spiro atoms. The number of thioether (sulfide) groups is 1. The lowest BCUT2D eigenvalue weighted by Gasteiger charge is -2.10. The minimum absolute atomic E-state index is 0.435. The van der Waals surface area contributed by atoms with Gasteiger partial charge in [0.2, 0.25) is 0 Å². The van der Waals surface area contributed by atoms with E-state index in [1.807, 2.05) is 30.3 Å². The van der Waals surface area contributed by atoms with Crippen LogP contribution in [0.25, 0.3) is 0 Å². The van der Waals surface area contributed by atoms with Gasteiger partial charge in [-0.2, -0.15) is 0 Å². The molecule has 1 heterocycles. The van der Waals surface area contributed by atoms with Crippen molar-refractivity contribution in [2.75, 3.05) is 12.3 Å². The van der Waals surface area contributed by atoms with E-state index in [0.717, 1.165) is 38.7 Å². The van der Waals surface area contributed by atoms with Crippen LogP contribution < -0.4 is 4.74 Å². The van der Waals surface area contributed by atoms with E-state index in [1.54, 1.807) is 17.8 Å². The molecule has 0 aliphatic carbocycles. The fraction of sp³-hybridized carbons (Fsp3) is 0.188. The zero-order valence-corrected chi connectivity index (χ0v) is 15.4. The molecule has 0 atom stereocenters. The summed E-state index contributed by atoms with van der Waals surface area (Å²) in [5.74, 6) is 1.85. The maximum absolute atomic E-state index is 6.01. The van der Waals surface area contributed by atoms with Gasteiger partial charge in [-0.3, -0.25) is 4.99 Å². The van der Waals surface area contributed by atoms with Crippen LogP contribution in [0.2, 0.25) is 10.0 Å². The van der Waals surface area contributed by atoms with Crippen molar-refractivity contribution in [2.45, 2.75) is 6.61 Å². The molecule has 0 amide bonds. The van der Waals surface area contributed by atoms with Crippen molar-refractivity contribution in [1.82, 2.24) is 0 Å². The van der Waals surface area contributed by atoms with Gasteiger partial charge in [0, 0.05) is 17.9 Å². The molecule has 2 nitrogen and oxygen atoms in total. The SMILES string of the molecule is Clc1ccc(COc2ccc(C3=NCCS3)cc2Br)cc1Cl. The molecule has 0 aromatic heterocycles. The van der Waals surface area contributed by atoms with Gasteiger partial charge in [0.15, 0.2) is 0 Å². The predicted octanol–water partition coefficient (Wildman–Crippen LogP) is 5.83. The van der Waals surface area contributed by atoms with Crippen LogP contribution in [0.1, 0.15) is 11.1 Å². The average molecular weight is 417 g/mol. The number of halogens is 3. The van der Waals surface area contributed by atoms with Crippen molar-refractivity contribution < 1.29 is 4.74 Å². The molecule has 0 unspecified atom stereocenters. The largest absolute Gasteiger partial charge is 0.488 e. The summed E-state index contributed by atoms with van der Waals surface area (Å²) in [6.07, 6.45) is 0. The molecule has 1 aliphatic rings. The molecular formula is C16H12BrCl2NOS. The van der Waals surface area contributed by atoms with E-state index in [2.05, 4.69) is 20.9 Å². The predicted molar refractivity (Wildman–Crippen MR) is 98.8 cm³/mol. The van der Waals surface area contributed by atoms with Crippen molar-refractivity contribution in [3.05, 3.63) is 62.0 Å². The molecular weight excluding hydrogens is 405 g/mol. The Kier molecular flexibility index (Phi) is 5.34. The number of benzene rings is 2. The van der Waals surface area contributed by atoms with Crippen molar-refractivity contribution in [1.29, 1.82) is 0 Å². The number of ether oxygens (including phenoxy) is 1. The second-order valence-corrected chi connectivity index (χ2v) is 7.47.